The standard InChI is InChI=1S/C28H35NO7/c1-3-11-33-23-15-19(16-23)17-24(28(31)20-4-9-25-26(18-20)36-14-13-35-25)29-27(30)10-12-34-22-7-5-21(32-2)6-8-22/h4-9,18-19,23,28,31H,3,10-17H2,1-2H3/t19?,23?,28-/m1/s1. The molecule has 2 aliphatic rings. The molecule has 1 aliphatic heterocycles. The zero-order chi connectivity index (χ0) is 25.3. The van der Waals surface area contributed by atoms with E-state index in [1.54, 1.807) is 49.6 Å². The van der Waals surface area contributed by atoms with E-state index < -0.39 is 6.10 Å². The van der Waals surface area contributed by atoms with Crippen LogP contribution in [0.25, 0.3) is 0 Å². The zero-order valence-electron chi connectivity index (χ0n) is 21.0. The van der Waals surface area contributed by atoms with Crippen molar-refractivity contribution in [1.82, 2.24) is 0 Å². The highest BCUT2D eigenvalue weighted by atomic mass is 16.6. The monoisotopic (exact) mass is 497 g/mol. The van der Waals surface area contributed by atoms with Crippen LogP contribution in [0.5, 0.6) is 23.0 Å². The molecule has 1 amide bonds. The molecule has 1 fully saturated rings. The average Bonchev–Trinajstić information content (AvgIpc) is 2.89. The van der Waals surface area contributed by atoms with E-state index in [1.807, 2.05) is 0 Å². The van der Waals surface area contributed by atoms with E-state index in [9.17, 15) is 9.90 Å². The molecule has 0 aromatic heterocycles. The van der Waals surface area contributed by atoms with E-state index in [1.165, 1.54) is 0 Å². The topological polar surface area (TPSA) is 95.8 Å². The van der Waals surface area contributed by atoms with Crippen molar-refractivity contribution in [3.63, 3.8) is 0 Å². The van der Waals surface area contributed by atoms with Crippen LogP contribution in [0, 0.1) is 5.92 Å². The number of aliphatic hydroxyl groups excluding tert-OH is 1. The summed E-state index contributed by atoms with van der Waals surface area (Å²) in [7, 11) is 1.60. The molecule has 1 saturated carbocycles. The van der Waals surface area contributed by atoms with E-state index in [0.717, 1.165) is 31.6 Å². The quantitative estimate of drug-likeness (QED) is 0.430. The summed E-state index contributed by atoms with van der Waals surface area (Å²) in [5.74, 6) is 2.62. The molecule has 0 spiro atoms. The molecule has 36 heavy (non-hydrogen) atoms. The summed E-state index contributed by atoms with van der Waals surface area (Å²) in [6, 6.07) is 12.5. The normalized spacial score (nSPS) is 19.8. The number of carbonyl (C=O) groups is 1. The fourth-order valence-electron chi connectivity index (χ4n) is 4.34. The Hall–Kier alpha value is -3.10. The van der Waals surface area contributed by atoms with E-state index in [0.29, 0.717) is 54.1 Å². The molecule has 8 nitrogen and oxygen atoms in total. The second kappa shape index (κ2) is 12.7. The van der Waals surface area contributed by atoms with Crippen molar-refractivity contribution in [1.29, 1.82) is 0 Å². The Morgan fingerprint density at radius 1 is 1.06 bits per heavy atom. The van der Waals surface area contributed by atoms with Crippen molar-refractivity contribution in [2.24, 2.45) is 10.9 Å². The van der Waals surface area contributed by atoms with Gasteiger partial charge in [0.05, 0.1) is 32.0 Å². The summed E-state index contributed by atoms with van der Waals surface area (Å²) >= 11 is 0. The predicted molar refractivity (Wildman–Crippen MR) is 135 cm³/mol. The first kappa shape index (κ1) is 26.0. The summed E-state index contributed by atoms with van der Waals surface area (Å²) in [6.45, 7) is 4.00. The van der Waals surface area contributed by atoms with Crippen LogP contribution in [-0.2, 0) is 9.53 Å². The summed E-state index contributed by atoms with van der Waals surface area (Å²) < 4.78 is 27.9. The van der Waals surface area contributed by atoms with E-state index >= 15 is 0 Å². The van der Waals surface area contributed by atoms with Crippen molar-refractivity contribution in [2.45, 2.75) is 51.2 Å². The Morgan fingerprint density at radius 2 is 1.78 bits per heavy atom. The first-order valence-corrected chi connectivity index (χ1v) is 12.6. The van der Waals surface area contributed by atoms with Crippen molar-refractivity contribution in [3.8, 4) is 23.0 Å². The molecular weight excluding hydrogens is 462 g/mol. The first-order valence-electron chi connectivity index (χ1n) is 12.6. The van der Waals surface area contributed by atoms with Gasteiger partial charge in [0.1, 0.15) is 30.8 Å². The van der Waals surface area contributed by atoms with Gasteiger partial charge in [0.15, 0.2) is 11.5 Å². The number of aliphatic hydroxyl groups is 1. The SMILES string of the molecule is CCCOC1CC(CC(=NC(=O)CCOc2ccc(OC)cc2)[C@H](O)c2ccc3c(c2)OCCO3)C1. The Balaban J connectivity index is 1.40. The minimum absolute atomic E-state index is 0.107. The van der Waals surface area contributed by atoms with Gasteiger partial charge in [-0.3, -0.25) is 4.79 Å². The van der Waals surface area contributed by atoms with Gasteiger partial charge in [0.25, 0.3) is 0 Å². The highest BCUT2D eigenvalue weighted by Gasteiger charge is 2.33. The predicted octanol–water partition coefficient (Wildman–Crippen LogP) is 4.53. The van der Waals surface area contributed by atoms with E-state index in [4.69, 9.17) is 23.7 Å². The zero-order valence-corrected chi connectivity index (χ0v) is 21.0. The average molecular weight is 498 g/mol. The molecule has 4 rings (SSSR count). The van der Waals surface area contributed by atoms with Gasteiger partial charge < -0.3 is 28.8 Å². The minimum Gasteiger partial charge on any atom is -0.497 e. The van der Waals surface area contributed by atoms with Crippen LogP contribution in [0.1, 0.15) is 50.7 Å². The van der Waals surface area contributed by atoms with Gasteiger partial charge >= 0.3 is 0 Å². The van der Waals surface area contributed by atoms with Crippen molar-refractivity contribution >= 4 is 11.6 Å². The molecule has 0 bridgehead atoms. The van der Waals surface area contributed by atoms with Gasteiger partial charge in [-0.1, -0.05) is 13.0 Å². The number of ether oxygens (including phenoxy) is 5. The molecular formula is C28H35NO7. The number of hydrogen-bond donors (Lipinski definition) is 1. The maximum absolute atomic E-state index is 12.7. The summed E-state index contributed by atoms with van der Waals surface area (Å²) in [4.78, 5) is 17.1. The molecule has 0 saturated heterocycles. The molecule has 2 aromatic carbocycles. The van der Waals surface area contributed by atoms with Gasteiger partial charge in [0, 0.05) is 6.61 Å². The number of benzene rings is 2. The number of carbonyl (C=O) groups excluding carboxylic acids is 1. The number of methoxy groups -OCH3 is 1. The van der Waals surface area contributed by atoms with Crippen LogP contribution < -0.4 is 18.9 Å². The fourth-order valence-corrected chi connectivity index (χ4v) is 4.34. The molecule has 8 heteroatoms. The highest BCUT2D eigenvalue weighted by molar-refractivity contribution is 5.99. The smallest absolute Gasteiger partial charge is 0.249 e. The van der Waals surface area contributed by atoms with Gasteiger partial charge in [-0.05, 0) is 73.6 Å². The molecule has 1 N–H and O–H groups in total. The van der Waals surface area contributed by atoms with Crippen LogP contribution in [0.2, 0.25) is 0 Å². The lowest BCUT2D eigenvalue weighted by atomic mass is 9.77. The van der Waals surface area contributed by atoms with Gasteiger partial charge in [0.2, 0.25) is 5.91 Å². The number of hydrogen-bond acceptors (Lipinski definition) is 7. The van der Waals surface area contributed by atoms with E-state index in [-0.39, 0.29) is 25.0 Å². The highest BCUT2D eigenvalue weighted by Crippen LogP contribution is 2.37. The largest absolute Gasteiger partial charge is 0.497 e. The van der Waals surface area contributed by atoms with Crippen LogP contribution in [0.3, 0.4) is 0 Å². The number of nitrogens with zero attached hydrogens (tertiary/aromatic N) is 1. The second-order valence-corrected chi connectivity index (χ2v) is 9.11. The van der Waals surface area contributed by atoms with Crippen LogP contribution in [0.15, 0.2) is 47.5 Å². The molecule has 0 radical (unpaired) electrons. The molecule has 0 unspecified atom stereocenters. The van der Waals surface area contributed by atoms with Crippen molar-refractivity contribution in [3.05, 3.63) is 48.0 Å². The maximum atomic E-state index is 12.7. The van der Waals surface area contributed by atoms with Crippen LogP contribution in [0.4, 0.5) is 0 Å². The third-order valence-electron chi connectivity index (χ3n) is 6.36. The second-order valence-electron chi connectivity index (χ2n) is 9.11. The Labute approximate surface area is 212 Å². The van der Waals surface area contributed by atoms with Gasteiger partial charge in [-0.15, -0.1) is 0 Å². The molecule has 2 aromatic rings. The number of fused-ring (bicyclic) bond motifs is 1. The number of aliphatic imine (C=N–C) groups is 1. The Bertz CT molecular complexity index is 1030. The molecule has 1 aliphatic carbocycles. The first-order chi connectivity index (χ1) is 17.6. The Kier molecular flexibility index (Phi) is 9.19. The molecule has 1 heterocycles. The fraction of sp³-hybridized carbons (Fsp3) is 0.500. The Morgan fingerprint density at radius 3 is 2.50 bits per heavy atom. The maximum Gasteiger partial charge on any atom is 0.249 e. The number of amides is 1. The van der Waals surface area contributed by atoms with Gasteiger partial charge in [-0.2, -0.15) is 0 Å². The summed E-state index contributed by atoms with van der Waals surface area (Å²) in [5.41, 5.74) is 1.08. The summed E-state index contributed by atoms with van der Waals surface area (Å²) in [6.07, 6.45) is 2.68. The van der Waals surface area contributed by atoms with Gasteiger partial charge in [-0.25, -0.2) is 4.99 Å². The molecule has 1 atom stereocenters. The minimum atomic E-state index is -1.01. The lowest BCUT2D eigenvalue weighted by Crippen LogP contribution is -2.34. The molecule has 194 valence electrons. The van der Waals surface area contributed by atoms with Crippen molar-refractivity contribution < 1.29 is 33.6 Å². The van der Waals surface area contributed by atoms with E-state index in [2.05, 4.69) is 11.9 Å². The summed E-state index contributed by atoms with van der Waals surface area (Å²) in [5, 5.41) is 11.2. The van der Waals surface area contributed by atoms with Crippen molar-refractivity contribution in [2.75, 3.05) is 33.5 Å². The lowest BCUT2D eigenvalue weighted by Gasteiger charge is -2.36. The lowest BCUT2D eigenvalue weighted by molar-refractivity contribution is -0.118. The number of rotatable bonds is 12. The van der Waals surface area contributed by atoms with Crippen LogP contribution >= 0.6 is 0 Å². The third kappa shape index (κ3) is 6.98. The van der Waals surface area contributed by atoms with Crippen LogP contribution in [-0.4, -0.2) is 56.4 Å². The third-order valence-corrected chi connectivity index (χ3v) is 6.36.